The first-order chi connectivity index (χ1) is 12.8. The number of anilines is 1. The van der Waals surface area contributed by atoms with Crippen LogP contribution in [-0.2, 0) is 10.0 Å². The third-order valence-corrected chi connectivity index (χ3v) is 6.50. The Hall–Kier alpha value is -2.34. The molecule has 2 aromatic carbocycles. The topological polar surface area (TPSA) is 75.3 Å². The summed E-state index contributed by atoms with van der Waals surface area (Å²) in [6.45, 7) is 3.63. The van der Waals surface area contributed by atoms with Crippen LogP contribution in [0.2, 0.25) is 0 Å². The molecule has 0 aromatic heterocycles. The summed E-state index contributed by atoms with van der Waals surface area (Å²) >= 11 is 0. The highest BCUT2D eigenvalue weighted by molar-refractivity contribution is 7.92. The third kappa shape index (κ3) is 4.89. The Bertz CT molecular complexity index is 915. The van der Waals surface area contributed by atoms with Crippen molar-refractivity contribution in [1.29, 1.82) is 0 Å². The minimum Gasteiger partial charge on any atom is -0.349 e. The summed E-state index contributed by atoms with van der Waals surface area (Å²) in [6, 6.07) is 12.1. The number of carbonyl (C=O) groups is 1. The van der Waals surface area contributed by atoms with Crippen LogP contribution in [0.4, 0.5) is 5.69 Å². The maximum Gasteiger partial charge on any atom is 0.262 e. The van der Waals surface area contributed by atoms with E-state index in [-0.39, 0.29) is 16.8 Å². The van der Waals surface area contributed by atoms with Crippen molar-refractivity contribution in [3.8, 4) is 0 Å². The summed E-state index contributed by atoms with van der Waals surface area (Å²) in [5, 5.41) is 3.06. The molecule has 27 heavy (non-hydrogen) atoms. The van der Waals surface area contributed by atoms with Gasteiger partial charge in [-0.25, -0.2) is 8.42 Å². The smallest absolute Gasteiger partial charge is 0.262 e. The Labute approximate surface area is 161 Å². The van der Waals surface area contributed by atoms with Crippen LogP contribution in [0.1, 0.15) is 53.6 Å². The molecule has 0 aliphatic heterocycles. The Balaban J connectivity index is 1.69. The van der Waals surface area contributed by atoms with Crippen LogP contribution >= 0.6 is 0 Å². The van der Waals surface area contributed by atoms with Gasteiger partial charge in [-0.2, -0.15) is 0 Å². The quantitative estimate of drug-likeness (QED) is 0.810. The summed E-state index contributed by atoms with van der Waals surface area (Å²) in [5.74, 6) is -0.106. The van der Waals surface area contributed by atoms with Gasteiger partial charge in [0.1, 0.15) is 0 Å². The van der Waals surface area contributed by atoms with Crippen LogP contribution in [0.3, 0.4) is 0 Å². The highest BCUT2D eigenvalue weighted by Crippen LogP contribution is 2.21. The van der Waals surface area contributed by atoms with E-state index in [9.17, 15) is 13.2 Å². The first-order valence-electron chi connectivity index (χ1n) is 9.36. The molecule has 1 amide bonds. The number of aryl methyl sites for hydroxylation is 2. The largest absolute Gasteiger partial charge is 0.349 e. The van der Waals surface area contributed by atoms with Gasteiger partial charge in [0, 0.05) is 17.3 Å². The molecule has 3 rings (SSSR count). The fourth-order valence-corrected chi connectivity index (χ4v) is 4.80. The standard InChI is InChI=1S/C21H26N2O3S/c1-15-8-9-16(2)20(14-15)27(25,26)23-19-12-10-17(11-13-19)21(24)22-18-6-4-3-5-7-18/h8-14,18,23H,3-7H2,1-2H3,(H,22,24). The van der Waals surface area contributed by atoms with Crippen molar-refractivity contribution < 1.29 is 13.2 Å². The van der Waals surface area contributed by atoms with Crippen LogP contribution in [0.5, 0.6) is 0 Å². The molecular weight excluding hydrogens is 360 g/mol. The zero-order valence-electron chi connectivity index (χ0n) is 15.8. The molecule has 0 unspecified atom stereocenters. The van der Waals surface area contributed by atoms with Gasteiger partial charge in [-0.15, -0.1) is 0 Å². The number of carbonyl (C=O) groups excluding carboxylic acids is 1. The maximum atomic E-state index is 12.7. The van der Waals surface area contributed by atoms with E-state index in [0.717, 1.165) is 31.2 Å². The highest BCUT2D eigenvalue weighted by Gasteiger charge is 2.19. The second kappa shape index (κ2) is 8.13. The van der Waals surface area contributed by atoms with Crippen LogP contribution in [0.15, 0.2) is 47.4 Å². The van der Waals surface area contributed by atoms with E-state index in [1.165, 1.54) is 6.42 Å². The Kier molecular flexibility index (Phi) is 5.85. The summed E-state index contributed by atoms with van der Waals surface area (Å²) in [7, 11) is -3.67. The molecule has 0 radical (unpaired) electrons. The molecule has 1 saturated carbocycles. The van der Waals surface area contributed by atoms with Gasteiger partial charge in [0.15, 0.2) is 0 Å². The number of hydrogen-bond donors (Lipinski definition) is 2. The van der Waals surface area contributed by atoms with Crippen molar-refractivity contribution in [3.63, 3.8) is 0 Å². The number of hydrogen-bond acceptors (Lipinski definition) is 3. The minimum absolute atomic E-state index is 0.106. The maximum absolute atomic E-state index is 12.7. The molecule has 2 N–H and O–H groups in total. The van der Waals surface area contributed by atoms with E-state index >= 15 is 0 Å². The first-order valence-corrected chi connectivity index (χ1v) is 10.8. The lowest BCUT2D eigenvalue weighted by molar-refractivity contribution is 0.0927. The predicted octanol–water partition coefficient (Wildman–Crippen LogP) is 4.17. The van der Waals surface area contributed by atoms with Gasteiger partial charge in [-0.3, -0.25) is 9.52 Å². The normalized spacial score (nSPS) is 15.3. The lowest BCUT2D eigenvalue weighted by Crippen LogP contribution is -2.36. The van der Waals surface area contributed by atoms with Crippen molar-refractivity contribution in [1.82, 2.24) is 5.32 Å². The van der Waals surface area contributed by atoms with E-state index < -0.39 is 10.0 Å². The molecule has 2 aromatic rings. The molecule has 1 aliphatic rings. The summed E-state index contributed by atoms with van der Waals surface area (Å²) in [6.07, 6.45) is 5.61. The van der Waals surface area contributed by atoms with Crippen molar-refractivity contribution >= 4 is 21.6 Å². The van der Waals surface area contributed by atoms with Crippen LogP contribution in [0.25, 0.3) is 0 Å². The summed E-state index contributed by atoms with van der Waals surface area (Å²) in [4.78, 5) is 12.6. The molecule has 0 atom stereocenters. The molecule has 1 aliphatic carbocycles. The zero-order valence-corrected chi connectivity index (χ0v) is 16.6. The van der Waals surface area contributed by atoms with Gasteiger partial charge < -0.3 is 5.32 Å². The lowest BCUT2D eigenvalue weighted by atomic mass is 9.95. The fourth-order valence-electron chi connectivity index (χ4n) is 3.41. The molecule has 1 fully saturated rings. The van der Waals surface area contributed by atoms with Gasteiger partial charge >= 0.3 is 0 Å². The number of nitrogens with one attached hydrogen (secondary N) is 2. The lowest BCUT2D eigenvalue weighted by Gasteiger charge is -2.22. The van der Waals surface area contributed by atoms with E-state index in [1.54, 1.807) is 43.3 Å². The van der Waals surface area contributed by atoms with Crippen LogP contribution < -0.4 is 10.0 Å². The van der Waals surface area contributed by atoms with Crippen molar-refractivity contribution in [2.24, 2.45) is 0 Å². The number of rotatable bonds is 5. The number of amides is 1. The Morgan fingerprint density at radius 2 is 1.63 bits per heavy atom. The summed E-state index contributed by atoms with van der Waals surface area (Å²) < 4.78 is 27.9. The van der Waals surface area contributed by atoms with E-state index in [0.29, 0.717) is 16.8 Å². The monoisotopic (exact) mass is 386 g/mol. The molecule has 5 nitrogen and oxygen atoms in total. The molecular formula is C21H26N2O3S. The second-order valence-electron chi connectivity index (χ2n) is 7.26. The minimum atomic E-state index is -3.67. The van der Waals surface area contributed by atoms with Crippen molar-refractivity contribution in [2.75, 3.05) is 4.72 Å². The SMILES string of the molecule is Cc1ccc(C)c(S(=O)(=O)Nc2ccc(C(=O)NC3CCCCC3)cc2)c1. The molecule has 0 spiro atoms. The van der Waals surface area contributed by atoms with E-state index in [1.807, 2.05) is 13.0 Å². The fraction of sp³-hybridized carbons (Fsp3) is 0.381. The highest BCUT2D eigenvalue weighted by atomic mass is 32.2. The first kappa shape index (κ1) is 19.4. The average Bonchev–Trinajstić information content (AvgIpc) is 2.64. The third-order valence-electron chi connectivity index (χ3n) is 4.97. The predicted molar refractivity (Wildman–Crippen MR) is 108 cm³/mol. The van der Waals surface area contributed by atoms with E-state index in [2.05, 4.69) is 10.0 Å². The van der Waals surface area contributed by atoms with Crippen molar-refractivity contribution in [3.05, 3.63) is 59.2 Å². The molecule has 0 heterocycles. The van der Waals surface area contributed by atoms with Crippen LogP contribution in [0, 0.1) is 13.8 Å². The molecule has 144 valence electrons. The number of benzene rings is 2. The van der Waals surface area contributed by atoms with Gasteiger partial charge in [-0.05, 0) is 68.1 Å². The average molecular weight is 387 g/mol. The summed E-state index contributed by atoms with van der Waals surface area (Å²) in [5.41, 5.74) is 2.55. The van der Waals surface area contributed by atoms with Gasteiger partial charge in [-0.1, -0.05) is 31.4 Å². The zero-order chi connectivity index (χ0) is 19.4. The second-order valence-corrected chi connectivity index (χ2v) is 8.91. The molecule has 6 heteroatoms. The van der Waals surface area contributed by atoms with Crippen LogP contribution in [-0.4, -0.2) is 20.4 Å². The molecule has 0 saturated heterocycles. The van der Waals surface area contributed by atoms with E-state index in [4.69, 9.17) is 0 Å². The number of sulfonamides is 1. The Morgan fingerprint density at radius 3 is 2.30 bits per heavy atom. The van der Waals surface area contributed by atoms with Gasteiger partial charge in [0.2, 0.25) is 0 Å². The van der Waals surface area contributed by atoms with Crippen molar-refractivity contribution in [2.45, 2.75) is 56.9 Å². The van der Waals surface area contributed by atoms with Gasteiger partial charge in [0.05, 0.1) is 4.90 Å². The van der Waals surface area contributed by atoms with Gasteiger partial charge in [0.25, 0.3) is 15.9 Å². The molecule has 0 bridgehead atoms. The Morgan fingerprint density at radius 1 is 0.963 bits per heavy atom.